The topological polar surface area (TPSA) is 88.2 Å². The van der Waals surface area contributed by atoms with Gasteiger partial charge in [0.1, 0.15) is 0 Å². The lowest BCUT2D eigenvalue weighted by molar-refractivity contribution is -0.115. The molecule has 0 saturated carbocycles. The van der Waals surface area contributed by atoms with E-state index in [4.69, 9.17) is 19.4 Å². The molecule has 0 fully saturated rings. The summed E-state index contributed by atoms with van der Waals surface area (Å²) >= 11 is 0.997. The first kappa shape index (κ1) is 11.5. The summed E-state index contributed by atoms with van der Waals surface area (Å²) < 4.78 is 81.4. The lowest BCUT2D eigenvalue weighted by atomic mass is 10.00. The van der Waals surface area contributed by atoms with E-state index in [1.165, 1.54) is 36.6 Å². The molecule has 0 aliphatic carbocycles. The summed E-state index contributed by atoms with van der Waals surface area (Å²) in [5.41, 5.74) is 5.34. The van der Waals surface area contributed by atoms with E-state index >= 15 is 0 Å². The summed E-state index contributed by atoms with van der Waals surface area (Å²) in [5, 5.41) is 14.6. The van der Waals surface area contributed by atoms with Crippen LogP contribution in [-0.4, -0.2) is 16.0 Å². The van der Waals surface area contributed by atoms with Crippen LogP contribution in [0, 0.1) is 6.92 Å². The fourth-order valence-electron chi connectivity index (χ4n) is 2.41. The largest absolute Gasteiger partial charge is 0.388 e. The third kappa shape index (κ3) is 6.69. The second-order valence-electron chi connectivity index (χ2n) is 6.05. The molecule has 0 unspecified atom stereocenters. The van der Waals surface area contributed by atoms with Crippen LogP contribution in [-0.2, 0) is 17.5 Å². The Hall–Kier alpha value is -2.70. The summed E-state index contributed by atoms with van der Waals surface area (Å²) in [6, 6.07) is 3.59. The molecule has 0 radical (unpaired) electrons. The zero-order valence-corrected chi connectivity index (χ0v) is 16.5. The third-order valence-electron chi connectivity index (χ3n) is 3.74. The number of benzene rings is 2. The number of nitrogens with zero attached hydrogens (tertiary/aromatic N) is 1. The lowest BCUT2D eigenvalue weighted by Gasteiger charge is -2.11. The molecule has 5 nitrogen and oxygen atoms in total. The molecule has 1 amide bonds. The van der Waals surface area contributed by atoms with Gasteiger partial charge in [0.15, 0.2) is 5.13 Å². The molecular formula is C23H27N3O2S. The van der Waals surface area contributed by atoms with Gasteiger partial charge >= 0.3 is 0 Å². The molecular weight excluding hydrogens is 382 g/mol. The number of nitrogens with one attached hydrogen (secondary N) is 1. The SMILES string of the molecule is [2H]c1c([2H])c(C)c([2H])c([C@@H](O)C([2H])([2H])CCC([2H])([2H])c2ccc(NC(=O)C([2H])([2H])c3csc(N)n3)cc2)c1[2H]. The van der Waals surface area contributed by atoms with Crippen LogP contribution < -0.4 is 11.1 Å². The zero-order chi connectivity index (χ0) is 29.5. The Balaban J connectivity index is 1.72. The Morgan fingerprint density at radius 2 is 2.14 bits per heavy atom. The Kier molecular flexibility index (Phi) is 4.03. The molecule has 3 rings (SSSR count). The highest BCUT2D eigenvalue weighted by atomic mass is 32.1. The van der Waals surface area contributed by atoms with Crippen molar-refractivity contribution in [2.75, 3.05) is 11.1 Å². The average Bonchev–Trinajstić information content (AvgIpc) is 3.32. The van der Waals surface area contributed by atoms with Gasteiger partial charge in [0, 0.05) is 19.3 Å². The van der Waals surface area contributed by atoms with Crippen LogP contribution in [0.15, 0.2) is 53.8 Å². The lowest BCUT2D eigenvalue weighted by Crippen LogP contribution is -2.14. The van der Waals surface area contributed by atoms with Crippen LogP contribution in [0.5, 0.6) is 0 Å². The van der Waals surface area contributed by atoms with Crippen LogP contribution in [0.25, 0.3) is 0 Å². The van der Waals surface area contributed by atoms with Crippen molar-refractivity contribution in [1.82, 2.24) is 4.98 Å². The predicted molar refractivity (Wildman–Crippen MR) is 119 cm³/mol. The molecule has 0 bridgehead atoms. The van der Waals surface area contributed by atoms with E-state index in [9.17, 15) is 9.90 Å². The summed E-state index contributed by atoms with van der Waals surface area (Å²) in [6.07, 6.45) is -9.86. The molecule has 0 saturated heterocycles. The number of aromatic nitrogens is 1. The Morgan fingerprint density at radius 1 is 1.34 bits per heavy atom. The maximum absolute atomic E-state index is 12.5. The van der Waals surface area contributed by atoms with Crippen molar-refractivity contribution in [1.29, 1.82) is 0 Å². The molecule has 1 heterocycles. The molecule has 2 aromatic carbocycles. The van der Waals surface area contributed by atoms with Gasteiger partial charge in [-0.3, -0.25) is 4.79 Å². The van der Waals surface area contributed by atoms with Gasteiger partial charge in [-0.2, -0.15) is 0 Å². The first-order valence-corrected chi connectivity index (χ1v) is 9.66. The highest BCUT2D eigenvalue weighted by Gasteiger charge is 2.08. The van der Waals surface area contributed by atoms with Gasteiger partial charge in [0.2, 0.25) is 5.91 Å². The number of aliphatic hydroxyl groups is 1. The van der Waals surface area contributed by atoms with Gasteiger partial charge in [-0.05, 0) is 49.4 Å². The monoisotopic (exact) mass is 419 g/mol. The van der Waals surface area contributed by atoms with Gasteiger partial charge in [-0.1, -0.05) is 48.3 Å². The highest BCUT2D eigenvalue weighted by Crippen LogP contribution is 2.21. The second-order valence-corrected chi connectivity index (χ2v) is 6.94. The molecule has 0 aliphatic rings. The predicted octanol–water partition coefficient (Wildman–Crippen LogP) is 4.66. The van der Waals surface area contributed by atoms with Gasteiger partial charge in [0.25, 0.3) is 0 Å². The number of hydrogen-bond acceptors (Lipinski definition) is 5. The quantitative estimate of drug-likeness (QED) is 0.471. The third-order valence-corrected chi connectivity index (χ3v) is 4.41. The fourth-order valence-corrected chi connectivity index (χ4v) is 2.90. The molecule has 1 aromatic heterocycles. The second kappa shape index (κ2) is 10.2. The summed E-state index contributed by atoms with van der Waals surface area (Å²) in [4.78, 5) is 16.3. The van der Waals surface area contributed by atoms with Gasteiger partial charge in [-0.25, -0.2) is 4.98 Å². The molecule has 29 heavy (non-hydrogen) atoms. The van der Waals surface area contributed by atoms with E-state index < -0.39 is 61.2 Å². The van der Waals surface area contributed by atoms with Crippen molar-refractivity contribution in [2.45, 2.75) is 45.0 Å². The Labute approximate surface area is 189 Å². The van der Waals surface area contributed by atoms with Crippen molar-refractivity contribution >= 4 is 28.1 Å². The van der Waals surface area contributed by atoms with E-state index in [-0.39, 0.29) is 40.1 Å². The van der Waals surface area contributed by atoms with Gasteiger partial charge < -0.3 is 16.2 Å². The van der Waals surface area contributed by atoms with Crippen LogP contribution in [0.1, 0.15) is 61.4 Å². The smallest absolute Gasteiger partial charge is 0.230 e. The maximum Gasteiger partial charge on any atom is 0.230 e. The summed E-state index contributed by atoms with van der Waals surface area (Å²) in [7, 11) is 0. The number of aryl methyl sites for hydroxylation is 1. The number of aliphatic hydroxyl groups excluding tert-OH is 1. The zero-order valence-electron chi connectivity index (χ0n) is 25.7. The minimum atomic E-state index is -2.46. The number of hydrogen-bond donors (Lipinski definition) is 3. The van der Waals surface area contributed by atoms with Crippen LogP contribution in [0.2, 0.25) is 0 Å². The summed E-state index contributed by atoms with van der Waals surface area (Å²) in [6.45, 7) is 1.38. The molecule has 0 aliphatic heterocycles. The molecule has 6 heteroatoms. The number of amides is 1. The number of rotatable bonds is 9. The van der Waals surface area contributed by atoms with Crippen LogP contribution >= 0.6 is 11.3 Å². The van der Waals surface area contributed by atoms with Crippen molar-refractivity contribution in [2.24, 2.45) is 0 Å². The van der Waals surface area contributed by atoms with E-state index in [1.807, 2.05) is 0 Å². The molecule has 4 N–H and O–H groups in total. The van der Waals surface area contributed by atoms with Crippen molar-refractivity contribution < 1.29 is 23.6 Å². The maximum atomic E-state index is 12.5. The fraction of sp³-hybridized carbons (Fsp3) is 0.304. The number of anilines is 2. The van der Waals surface area contributed by atoms with Crippen molar-refractivity contribution in [3.63, 3.8) is 0 Å². The highest BCUT2D eigenvalue weighted by molar-refractivity contribution is 7.13. The minimum absolute atomic E-state index is 0.0344. The number of carbonyl (C=O) groups is 1. The molecule has 0 spiro atoms. The number of carbonyl (C=O) groups excluding carboxylic acids is 1. The van der Waals surface area contributed by atoms with E-state index in [0.717, 1.165) is 11.3 Å². The van der Waals surface area contributed by atoms with E-state index in [0.29, 0.717) is 0 Å². The van der Waals surface area contributed by atoms with E-state index in [2.05, 4.69) is 10.3 Å². The number of thiazole rings is 1. The molecule has 152 valence electrons. The number of nitrogen functional groups attached to an aromatic ring is 1. The van der Waals surface area contributed by atoms with Crippen molar-refractivity contribution in [3.8, 4) is 0 Å². The van der Waals surface area contributed by atoms with Gasteiger partial charge in [0.05, 0.1) is 23.7 Å². The number of nitrogens with two attached hydrogens (primary N) is 1. The summed E-state index contributed by atoms with van der Waals surface area (Å²) in [5.74, 6) is -0.988. The Bertz CT molecular complexity index is 1350. The standard InChI is InChI=1S/C23H27N3O2S/c1-16-5-4-7-18(13-16)21(27)8-3-2-6-17-9-11-19(12-10-17)25-22(28)14-20-15-29-23(24)26-20/h4-5,7,9-13,15,21,27H,2-3,6,8,14H2,1H3,(H2,24,26)(H,25,28)/t21-/m0/s1/i4D,5D,6D2,7D,8D2,13D,14D2. The molecule has 1 atom stereocenters. The van der Waals surface area contributed by atoms with E-state index in [1.54, 1.807) is 0 Å². The van der Waals surface area contributed by atoms with Crippen LogP contribution in [0.3, 0.4) is 0 Å². The first-order valence-electron chi connectivity index (χ1n) is 13.8. The normalized spacial score (nSPS) is 18.4. The Morgan fingerprint density at radius 3 is 2.86 bits per heavy atom. The van der Waals surface area contributed by atoms with Crippen LogP contribution in [0.4, 0.5) is 10.8 Å². The van der Waals surface area contributed by atoms with Gasteiger partial charge in [-0.15, -0.1) is 11.3 Å². The van der Waals surface area contributed by atoms with Crippen molar-refractivity contribution in [3.05, 3.63) is 76.2 Å². The average molecular weight is 420 g/mol. The minimum Gasteiger partial charge on any atom is -0.388 e. The first-order chi connectivity index (χ1) is 17.9. The molecule has 3 aromatic rings.